The Balaban J connectivity index is 0.000000179. The standard InChI is InChI=1S/C19H29N3O2.C17H25N3O4S.C16H25N3O4S.C15H22N2O3.C13H21N3O3S.C13H19NO4S/c1-20(2)16-8-11-21(12-9-16)18-7-6-17(13-15(18)14-24-3)22-10-4-5-19(22)23;1-24-13-14-12-15(20-7-3-4-17(20)21)5-6-16(14)18-8-10-19(11-9-18)25(2,22)23;1-13(20)17(2)15-5-6-16(14(11-15)12-23-3)18-7-9-19(10-8-18)24(4,21)22;1-12(18)16(2)14-4-5-15(13(10-14)11-19-3)17-6-8-20-9-7-17;1-19-10-11-9-12(14)3-4-13(11)15-5-7-16(8-6-15)20(2,17)18;1-17-10-11-9-12(19(2,15)16)3-4-13(11)14-5-7-18-8-6-14/h6-7,13,16H,4-5,8-12,14H2,1-3H3;5-6,12H,3-4,7-11,13H2,1-2H3;5-6,11H,7-10,12H2,1-4H3;4-5,10H,6-9,11H2,1-3H3;3-4,9H,5-8,10,14H2,1-2H3;3-4,9H,5-8,10H2,1-2H3. The van der Waals surface area contributed by atoms with Crippen LogP contribution < -0.4 is 54.7 Å². The molecule has 132 heavy (non-hydrogen) atoms. The summed E-state index contributed by atoms with van der Waals surface area (Å²) in [5, 5.41) is 0. The van der Waals surface area contributed by atoms with E-state index in [0.29, 0.717) is 161 Å². The molecule has 39 heteroatoms. The number of hydrogen-bond donors (Lipinski definition) is 1. The van der Waals surface area contributed by atoms with Gasteiger partial charge < -0.3 is 97.5 Å². The number of amides is 4. The molecule has 8 heterocycles. The molecule has 0 spiro atoms. The SMILES string of the molecule is COCc1cc(N(C)C(C)=O)ccc1N1CCN(S(C)(=O)=O)CC1.COCc1cc(N(C)C(C)=O)ccc1N1CCOCC1.COCc1cc(N)ccc1N1CCN(S(C)(=O)=O)CC1.COCc1cc(N2CCCC2=O)ccc1N1CCC(N(C)C)CC1.COCc1cc(N2CCCC2=O)ccc1N1CCN(S(C)(=O)=O)CC1.COCc1cc(S(C)(=O)=O)ccc1N1CCOCC1. The molecule has 0 aromatic heterocycles. The third kappa shape index (κ3) is 30.6. The van der Waals surface area contributed by atoms with Crippen LogP contribution in [0, 0.1) is 0 Å². The number of methoxy groups -OCH3 is 6. The first-order valence-electron chi connectivity index (χ1n) is 44.7. The molecule has 14 rings (SSSR count). The number of carbonyl (C=O) groups is 4. The van der Waals surface area contributed by atoms with E-state index in [1.54, 1.807) is 85.6 Å². The maximum atomic E-state index is 12.0. The highest BCUT2D eigenvalue weighted by molar-refractivity contribution is 7.90. The van der Waals surface area contributed by atoms with Gasteiger partial charge in [-0.3, -0.25) is 19.2 Å². The Hall–Kier alpha value is -8.88. The minimum Gasteiger partial charge on any atom is -0.399 e. The van der Waals surface area contributed by atoms with Crippen LogP contribution in [0.5, 0.6) is 0 Å². The molecule has 35 nitrogen and oxygen atoms in total. The lowest BCUT2D eigenvalue weighted by atomic mass is 10.0. The summed E-state index contributed by atoms with van der Waals surface area (Å²) < 4.78 is 140. The molecule has 0 radical (unpaired) electrons. The maximum Gasteiger partial charge on any atom is 0.227 e. The van der Waals surface area contributed by atoms with Crippen molar-refractivity contribution in [1.82, 2.24) is 17.8 Å². The number of carbonyl (C=O) groups excluding carboxylic acids is 4. The average molecular weight is 1920 g/mol. The van der Waals surface area contributed by atoms with Crippen LogP contribution in [0.1, 0.15) is 85.8 Å². The van der Waals surface area contributed by atoms with Gasteiger partial charge >= 0.3 is 0 Å². The van der Waals surface area contributed by atoms with Crippen LogP contribution in [0.4, 0.5) is 62.6 Å². The number of ether oxygens (including phenoxy) is 8. The molecular formula is C93H141N15O20S4. The van der Waals surface area contributed by atoms with E-state index in [1.807, 2.05) is 82.6 Å². The van der Waals surface area contributed by atoms with Crippen molar-refractivity contribution in [2.75, 3.05) is 308 Å². The van der Waals surface area contributed by atoms with Crippen molar-refractivity contribution in [3.8, 4) is 0 Å². The lowest BCUT2D eigenvalue weighted by molar-refractivity contribution is -0.117. The minimum atomic E-state index is -3.19. The van der Waals surface area contributed by atoms with E-state index in [1.165, 1.54) is 69.0 Å². The molecule has 0 atom stereocenters. The highest BCUT2D eigenvalue weighted by Crippen LogP contribution is 2.36. The zero-order valence-electron chi connectivity index (χ0n) is 80.1. The number of anilines is 11. The van der Waals surface area contributed by atoms with Gasteiger partial charge in [-0.2, -0.15) is 12.9 Å². The maximum absolute atomic E-state index is 12.0. The molecule has 0 saturated carbocycles. The van der Waals surface area contributed by atoms with E-state index in [4.69, 9.17) is 43.6 Å². The predicted octanol–water partition coefficient (Wildman–Crippen LogP) is 7.65. The minimum absolute atomic E-state index is 0.0208. The topological polar surface area (TPSA) is 350 Å². The Morgan fingerprint density at radius 3 is 0.932 bits per heavy atom. The zero-order chi connectivity index (χ0) is 96.2. The highest BCUT2D eigenvalue weighted by Gasteiger charge is 2.32. The number of sulfone groups is 1. The molecule has 8 saturated heterocycles. The Bertz CT molecular complexity index is 5250. The number of piperidine rings is 1. The van der Waals surface area contributed by atoms with Crippen LogP contribution in [-0.2, 0) is 137 Å². The van der Waals surface area contributed by atoms with Gasteiger partial charge in [-0.05, 0) is 149 Å². The Kier molecular flexibility index (Phi) is 41.0. The normalized spacial score (nSPS) is 17.6. The van der Waals surface area contributed by atoms with Gasteiger partial charge in [0, 0.05) is 323 Å². The number of nitrogens with two attached hydrogens (primary N) is 1. The molecule has 6 aromatic carbocycles. The number of nitrogens with zero attached hydrogens (tertiary/aromatic N) is 14. The van der Waals surface area contributed by atoms with Crippen molar-refractivity contribution in [2.45, 2.75) is 103 Å². The Morgan fingerprint density at radius 1 is 0.364 bits per heavy atom. The molecule has 4 amide bonds. The average Bonchev–Trinajstić information content (AvgIpc) is 1.62. The van der Waals surface area contributed by atoms with Crippen molar-refractivity contribution in [3.63, 3.8) is 0 Å². The molecule has 8 fully saturated rings. The number of sulfonamides is 3. The third-order valence-corrected chi connectivity index (χ3v) is 29.5. The molecule has 0 bridgehead atoms. The van der Waals surface area contributed by atoms with E-state index in [2.05, 4.69) is 72.7 Å². The fourth-order valence-electron chi connectivity index (χ4n) is 17.1. The van der Waals surface area contributed by atoms with Crippen molar-refractivity contribution >= 4 is 126 Å². The quantitative estimate of drug-likeness (QED) is 0.0484. The number of nitrogen functional groups attached to an aromatic ring is 1. The van der Waals surface area contributed by atoms with Crippen LogP contribution in [0.2, 0.25) is 0 Å². The third-order valence-electron chi connectivity index (χ3n) is 24.5. The van der Waals surface area contributed by atoms with E-state index >= 15 is 0 Å². The molecule has 0 aliphatic carbocycles. The summed E-state index contributed by atoms with van der Waals surface area (Å²) in [7, 11) is 5.23. The van der Waals surface area contributed by atoms with Crippen LogP contribution >= 0.6 is 0 Å². The molecular weight excluding hydrogens is 1780 g/mol. The van der Waals surface area contributed by atoms with Crippen LogP contribution in [-0.4, -0.2) is 334 Å². The second kappa shape index (κ2) is 50.6. The number of hydrogen-bond acceptors (Lipinski definition) is 28. The first-order valence-corrected chi connectivity index (χ1v) is 52.2. The Labute approximate surface area is 783 Å². The number of benzene rings is 6. The van der Waals surface area contributed by atoms with Gasteiger partial charge in [0.2, 0.25) is 53.7 Å². The summed E-state index contributed by atoms with van der Waals surface area (Å²) in [5.41, 5.74) is 22.9. The van der Waals surface area contributed by atoms with Gasteiger partial charge in [0.15, 0.2) is 9.84 Å². The summed E-state index contributed by atoms with van der Waals surface area (Å²) in [6, 6.07) is 35.9. The van der Waals surface area contributed by atoms with Crippen LogP contribution in [0.15, 0.2) is 114 Å². The molecule has 732 valence electrons. The number of rotatable bonds is 27. The monoisotopic (exact) mass is 1920 g/mol. The smallest absolute Gasteiger partial charge is 0.227 e. The molecule has 8 aliphatic heterocycles. The number of piperazine rings is 3. The van der Waals surface area contributed by atoms with Gasteiger partial charge in [-0.15, -0.1) is 0 Å². The summed E-state index contributed by atoms with van der Waals surface area (Å²) in [5.74, 6) is 0.385. The van der Waals surface area contributed by atoms with Crippen molar-refractivity contribution in [2.24, 2.45) is 0 Å². The van der Waals surface area contributed by atoms with E-state index in [-0.39, 0.29) is 23.6 Å². The molecule has 8 aliphatic rings. The lowest BCUT2D eigenvalue weighted by Gasteiger charge is -2.37. The molecule has 2 N–H and O–H groups in total. The first-order chi connectivity index (χ1) is 62.8. The number of morpholine rings is 2. The zero-order valence-corrected chi connectivity index (χ0v) is 83.3. The highest BCUT2D eigenvalue weighted by atomic mass is 32.2. The van der Waals surface area contributed by atoms with E-state index in [9.17, 15) is 52.8 Å². The Morgan fingerprint density at radius 2 is 0.644 bits per heavy atom. The lowest BCUT2D eigenvalue weighted by Crippen LogP contribution is -2.48. The predicted molar refractivity (Wildman–Crippen MR) is 523 cm³/mol. The molecule has 0 unspecified atom stereocenters. The fourth-order valence-corrected chi connectivity index (χ4v) is 20.3. The van der Waals surface area contributed by atoms with Gasteiger partial charge in [-0.1, -0.05) is 0 Å². The van der Waals surface area contributed by atoms with Crippen LogP contribution in [0.3, 0.4) is 0 Å². The largest absolute Gasteiger partial charge is 0.399 e. The van der Waals surface area contributed by atoms with Crippen LogP contribution in [0.25, 0.3) is 0 Å². The fraction of sp³-hybridized carbons (Fsp3) is 0.570. The van der Waals surface area contributed by atoms with Gasteiger partial charge in [0.05, 0.1) is 89.7 Å². The van der Waals surface area contributed by atoms with Crippen molar-refractivity contribution in [3.05, 3.63) is 143 Å². The van der Waals surface area contributed by atoms with E-state index < -0.39 is 39.9 Å². The second-order valence-electron chi connectivity index (χ2n) is 34.1. The second-order valence-corrected chi connectivity index (χ2v) is 42.0. The van der Waals surface area contributed by atoms with Gasteiger partial charge in [-0.25, -0.2) is 33.7 Å². The van der Waals surface area contributed by atoms with Crippen molar-refractivity contribution in [1.29, 1.82) is 0 Å². The summed E-state index contributed by atoms with van der Waals surface area (Å²) in [4.78, 5) is 70.1. The summed E-state index contributed by atoms with van der Waals surface area (Å²) in [6.07, 6.45) is 10.5. The van der Waals surface area contributed by atoms with Gasteiger partial charge in [0.1, 0.15) is 0 Å². The first kappa shape index (κ1) is 107. The van der Waals surface area contributed by atoms with Gasteiger partial charge in [0.25, 0.3) is 0 Å². The molecule has 6 aromatic rings. The van der Waals surface area contributed by atoms with E-state index in [0.717, 1.165) is 157 Å². The summed E-state index contributed by atoms with van der Waals surface area (Å²) >= 11 is 0. The summed E-state index contributed by atoms with van der Waals surface area (Å²) in [6.45, 7) is 22.8. The van der Waals surface area contributed by atoms with Crippen molar-refractivity contribution < 1.29 is 90.7 Å².